The number of carbonyl (C=O) groups excluding carboxylic acids is 1. The second-order valence-corrected chi connectivity index (χ2v) is 8.18. The van der Waals surface area contributed by atoms with Crippen molar-refractivity contribution >= 4 is 28.2 Å². The molecule has 3 aromatic carbocycles. The van der Waals surface area contributed by atoms with Crippen LogP contribution in [0.25, 0.3) is 10.9 Å². The fourth-order valence-corrected chi connectivity index (χ4v) is 4.07. The SMILES string of the molecule is COc1ccc(C(=O)NC[C@@H](c2ccc(N(C)C)cc2)c2c[nH]c3ccccc23)cc1[N+](=O)[O-]. The highest BCUT2D eigenvalue weighted by atomic mass is 16.6. The monoisotopic (exact) mass is 458 g/mol. The Kier molecular flexibility index (Phi) is 6.49. The highest BCUT2D eigenvalue weighted by Gasteiger charge is 2.22. The summed E-state index contributed by atoms with van der Waals surface area (Å²) in [5.41, 5.74) is 4.17. The number of nitrogens with zero attached hydrogens (tertiary/aromatic N) is 2. The molecule has 1 amide bonds. The van der Waals surface area contributed by atoms with E-state index < -0.39 is 4.92 Å². The Morgan fingerprint density at radius 2 is 1.85 bits per heavy atom. The molecule has 0 saturated carbocycles. The number of hydrogen-bond donors (Lipinski definition) is 2. The lowest BCUT2D eigenvalue weighted by Gasteiger charge is -2.20. The van der Waals surface area contributed by atoms with Crippen molar-refractivity contribution in [2.75, 3.05) is 32.6 Å². The van der Waals surface area contributed by atoms with Crippen LogP contribution in [0.15, 0.2) is 72.9 Å². The number of benzene rings is 3. The Morgan fingerprint density at radius 3 is 2.53 bits per heavy atom. The van der Waals surface area contributed by atoms with E-state index in [0.717, 1.165) is 27.7 Å². The molecular weight excluding hydrogens is 432 g/mol. The van der Waals surface area contributed by atoms with E-state index >= 15 is 0 Å². The predicted octanol–water partition coefficient (Wildman–Crippen LogP) is 4.71. The minimum Gasteiger partial charge on any atom is -0.490 e. The predicted molar refractivity (Wildman–Crippen MR) is 133 cm³/mol. The van der Waals surface area contributed by atoms with Crippen LogP contribution in [0.2, 0.25) is 0 Å². The minimum absolute atomic E-state index is 0.110. The molecule has 1 heterocycles. The van der Waals surface area contributed by atoms with Gasteiger partial charge in [-0.05, 0) is 41.5 Å². The first-order valence-electron chi connectivity index (χ1n) is 10.8. The standard InChI is InChI=1S/C26H26N4O4/c1-29(2)19-11-8-17(9-12-19)21(22-16-27-23-7-5-4-6-20(22)23)15-28-26(31)18-10-13-25(34-3)24(14-18)30(32)33/h4-14,16,21,27H,15H2,1-3H3,(H,28,31)/t21-/m0/s1. The van der Waals surface area contributed by atoms with Gasteiger partial charge in [0.05, 0.1) is 12.0 Å². The van der Waals surface area contributed by atoms with Crippen molar-refractivity contribution in [3.8, 4) is 5.75 Å². The lowest BCUT2D eigenvalue weighted by molar-refractivity contribution is -0.385. The molecule has 2 N–H and O–H groups in total. The van der Waals surface area contributed by atoms with Crippen molar-refractivity contribution in [3.63, 3.8) is 0 Å². The summed E-state index contributed by atoms with van der Waals surface area (Å²) in [5, 5.41) is 15.4. The number of H-pyrrole nitrogens is 1. The van der Waals surface area contributed by atoms with E-state index in [1.54, 1.807) is 0 Å². The van der Waals surface area contributed by atoms with Crippen LogP contribution in [-0.2, 0) is 0 Å². The number of amides is 1. The number of nitro benzene ring substituents is 1. The number of anilines is 1. The summed E-state index contributed by atoms with van der Waals surface area (Å²) >= 11 is 0. The van der Waals surface area contributed by atoms with Gasteiger partial charge in [0, 0.05) is 61.0 Å². The fourth-order valence-electron chi connectivity index (χ4n) is 4.07. The van der Waals surface area contributed by atoms with Gasteiger partial charge < -0.3 is 19.9 Å². The highest BCUT2D eigenvalue weighted by molar-refractivity contribution is 5.95. The molecule has 0 radical (unpaired) electrons. The number of nitrogens with one attached hydrogen (secondary N) is 2. The Morgan fingerprint density at radius 1 is 1.12 bits per heavy atom. The Bertz CT molecular complexity index is 1330. The van der Waals surface area contributed by atoms with Gasteiger partial charge in [0.2, 0.25) is 0 Å². The summed E-state index contributed by atoms with van der Waals surface area (Å²) in [5.74, 6) is -0.399. The van der Waals surface area contributed by atoms with Crippen molar-refractivity contribution < 1.29 is 14.5 Å². The maximum atomic E-state index is 12.9. The molecule has 1 aromatic heterocycles. The molecule has 0 fully saturated rings. The molecule has 8 nitrogen and oxygen atoms in total. The first-order chi connectivity index (χ1) is 16.4. The number of ether oxygens (including phenoxy) is 1. The molecule has 0 spiro atoms. The number of aromatic nitrogens is 1. The largest absolute Gasteiger partial charge is 0.490 e. The molecule has 4 rings (SSSR count). The zero-order chi connectivity index (χ0) is 24.2. The summed E-state index contributed by atoms with van der Waals surface area (Å²) in [6, 6.07) is 20.4. The number of carbonyl (C=O) groups is 1. The lowest BCUT2D eigenvalue weighted by atomic mass is 9.90. The smallest absolute Gasteiger partial charge is 0.311 e. The average molecular weight is 459 g/mol. The van der Waals surface area contributed by atoms with Gasteiger partial charge in [-0.15, -0.1) is 0 Å². The van der Waals surface area contributed by atoms with Gasteiger partial charge in [-0.3, -0.25) is 14.9 Å². The van der Waals surface area contributed by atoms with Crippen LogP contribution >= 0.6 is 0 Å². The van der Waals surface area contributed by atoms with E-state index in [1.807, 2.05) is 55.5 Å². The number of fused-ring (bicyclic) bond motifs is 1. The molecule has 0 aliphatic heterocycles. The number of rotatable bonds is 8. The second kappa shape index (κ2) is 9.66. The van der Waals surface area contributed by atoms with E-state index in [1.165, 1.54) is 25.3 Å². The van der Waals surface area contributed by atoms with Crippen LogP contribution in [-0.4, -0.2) is 43.6 Å². The molecule has 8 heteroatoms. The third-order valence-corrected chi connectivity index (χ3v) is 5.91. The number of para-hydroxylation sites is 1. The van der Waals surface area contributed by atoms with Gasteiger partial charge in [0.15, 0.2) is 5.75 Å². The van der Waals surface area contributed by atoms with Crippen LogP contribution in [0.5, 0.6) is 5.75 Å². The zero-order valence-corrected chi connectivity index (χ0v) is 19.2. The van der Waals surface area contributed by atoms with Crippen LogP contribution < -0.4 is 15.0 Å². The highest BCUT2D eigenvalue weighted by Crippen LogP contribution is 2.32. The average Bonchev–Trinajstić information content (AvgIpc) is 3.28. The van der Waals surface area contributed by atoms with Crippen molar-refractivity contribution in [2.45, 2.75) is 5.92 Å². The topological polar surface area (TPSA) is 100 Å². The van der Waals surface area contributed by atoms with Crippen LogP contribution in [0.3, 0.4) is 0 Å². The van der Waals surface area contributed by atoms with Gasteiger partial charge in [0.1, 0.15) is 0 Å². The molecule has 0 saturated heterocycles. The van der Waals surface area contributed by atoms with Gasteiger partial charge >= 0.3 is 5.69 Å². The first kappa shape index (κ1) is 22.8. The molecule has 1 atom stereocenters. The normalized spacial score (nSPS) is 11.7. The molecule has 0 unspecified atom stereocenters. The van der Waals surface area contributed by atoms with Crippen LogP contribution in [0, 0.1) is 10.1 Å². The maximum absolute atomic E-state index is 12.9. The molecular formula is C26H26N4O4. The van der Waals surface area contributed by atoms with Crippen molar-refractivity contribution in [2.24, 2.45) is 0 Å². The number of nitro groups is 1. The Labute approximate surface area is 197 Å². The van der Waals surface area contributed by atoms with E-state index in [-0.39, 0.29) is 28.8 Å². The number of methoxy groups -OCH3 is 1. The fraction of sp³-hybridized carbons (Fsp3) is 0.192. The van der Waals surface area contributed by atoms with Gasteiger partial charge in [-0.2, -0.15) is 0 Å². The molecule has 0 aliphatic carbocycles. The molecule has 4 aromatic rings. The maximum Gasteiger partial charge on any atom is 0.311 e. The summed E-state index contributed by atoms with van der Waals surface area (Å²) in [4.78, 5) is 29.1. The zero-order valence-electron chi connectivity index (χ0n) is 19.2. The summed E-state index contributed by atoms with van der Waals surface area (Å²) < 4.78 is 5.03. The molecule has 0 bridgehead atoms. The van der Waals surface area contributed by atoms with Crippen molar-refractivity contribution in [3.05, 3.63) is 99.7 Å². The first-order valence-corrected chi connectivity index (χ1v) is 10.8. The quantitative estimate of drug-likeness (QED) is 0.294. The summed E-state index contributed by atoms with van der Waals surface area (Å²) in [6.45, 7) is 0.321. The number of hydrogen-bond acceptors (Lipinski definition) is 5. The van der Waals surface area contributed by atoms with E-state index in [0.29, 0.717) is 6.54 Å². The molecule has 34 heavy (non-hydrogen) atoms. The Hall–Kier alpha value is -4.33. The summed E-state index contributed by atoms with van der Waals surface area (Å²) in [7, 11) is 5.33. The van der Waals surface area contributed by atoms with Gasteiger partial charge in [-0.25, -0.2) is 0 Å². The third kappa shape index (κ3) is 4.56. The molecule has 174 valence electrons. The van der Waals surface area contributed by atoms with E-state index in [4.69, 9.17) is 4.74 Å². The lowest BCUT2D eigenvalue weighted by Crippen LogP contribution is -2.29. The van der Waals surface area contributed by atoms with Gasteiger partial charge in [0.25, 0.3) is 5.91 Å². The third-order valence-electron chi connectivity index (χ3n) is 5.91. The van der Waals surface area contributed by atoms with Gasteiger partial charge in [-0.1, -0.05) is 30.3 Å². The number of aromatic amines is 1. The van der Waals surface area contributed by atoms with Crippen molar-refractivity contribution in [1.82, 2.24) is 10.3 Å². The Balaban J connectivity index is 1.64. The molecule has 0 aliphatic rings. The summed E-state index contributed by atoms with van der Waals surface area (Å²) in [6.07, 6.45) is 1.97. The van der Waals surface area contributed by atoms with Crippen LogP contribution in [0.1, 0.15) is 27.4 Å². The van der Waals surface area contributed by atoms with Crippen molar-refractivity contribution in [1.29, 1.82) is 0 Å². The van der Waals surface area contributed by atoms with Crippen LogP contribution in [0.4, 0.5) is 11.4 Å². The van der Waals surface area contributed by atoms with E-state index in [2.05, 4.69) is 28.5 Å². The minimum atomic E-state index is -0.559. The second-order valence-electron chi connectivity index (χ2n) is 8.18. The van der Waals surface area contributed by atoms with E-state index in [9.17, 15) is 14.9 Å².